The lowest BCUT2D eigenvalue weighted by Crippen LogP contribution is -2.01. The van der Waals surface area contributed by atoms with Gasteiger partial charge in [-0.05, 0) is 12.8 Å². The van der Waals surface area contributed by atoms with Gasteiger partial charge in [-0.3, -0.25) is 4.79 Å². The van der Waals surface area contributed by atoms with E-state index in [-0.39, 0.29) is 6.42 Å². The Bertz CT molecular complexity index is 281. The number of aliphatic carboxylic acids is 1. The summed E-state index contributed by atoms with van der Waals surface area (Å²) in [4.78, 5) is 17.3. The van der Waals surface area contributed by atoms with Gasteiger partial charge in [-0.1, -0.05) is 13.3 Å². The highest BCUT2D eigenvalue weighted by Crippen LogP contribution is 2.02. The van der Waals surface area contributed by atoms with Gasteiger partial charge in [0.2, 0.25) is 0 Å². The summed E-state index contributed by atoms with van der Waals surface area (Å²) in [6.45, 7) is 2.12. The van der Waals surface area contributed by atoms with Crippen LogP contribution < -0.4 is 0 Å². The molecule has 0 saturated heterocycles. The Balaban J connectivity index is 2.48. The number of rotatable bonds is 5. The second-order valence-corrected chi connectivity index (χ2v) is 3.03. The second kappa shape index (κ2) is 4.64. The summed E-state index contributed by atoms with van der Waals surface area (Å²) in [5.74, 6) is -0.310. The number of aromatic amines is 1. The van der Waals surface area contributed by atoms with Gasteiger partial charge in [-0.25, -0.2) is 4.98 Å². The van der Waals surface area contributed by atoms with Crippen LogP contribution in [0.1, 0.15) is 31.3 Å². The number of carboxylic acid groups (broad SMARTS) is 1. The predicted molar refractivity (Wildman–Crippen MR) is 48.5 cm³/mol. The zero-order chi connectivity index (χ0) is 9.68. The molecule has 4 heteroatoms. The number of unbranched alkanes of at least 4 members (excludes halogenated alkanes) is 1. The van der Waals surface area contributed by atoms with Gasteiger partial charge in [0.25, 0.3) is 0 Å². The summed E-state index contributed by atoms with van der Waals surface area (Å²) >= 11 is 0. The highest BCUT2D eigenvalue weighted by Gasteiger charge is 2.04. The summed E-state index contributed by atoms with van der Waals surface area (Å²) in [6, 6.07) is 0. The molecule has 0 radical (unpaired) electrons. The Hall–Kier alpha value is -1.32. The average molecular weight is 182 g/mol. The van der Waals surface area contributed by atoms with Crippen LogP contribution in [0.25, 0.3) is 0 Å². The molecule has 72 valence electrons. The Labute approximate surface area is 77.0 Å². The summed E-state index contributed by atoms with van der Waals surface area (Å²) in [5.41, 5.74) is 1.03. The van der Waals surface area contributed by atoms with E-state index in [9.17, 15) is 4.79 Å². The molecule has 0 bridgehead atoms. The molecule has 13 heavy (non-hydrogen) atoms. The number of carboxylic acids is 1. The van der Waals surface area contributed by atoms with Crippen LogP contribution in [0, 0.1) is 0 Å². The van der Waals surface area contributed by atoms with Crippen LogP contribution in [0.3, 0.4) is 0 Å². The maximum Gasteiger partial charge on any atom is 0.311 e. The minimum absolute atomic E-state index is 0.0217. The van der Waals surface area contributed by atoms with Crippen molar-refractivity contribution < 1.29 is 9.90 Å². The average Bonchev–Trinajstić information content (AvgIpc) is 2.48. The molecule has 0 aliphatic carbocycles. The van der Waals surface area contributed by atoms with Gasteiger partial charge in [-0.2, -0.15) is 0 Å². The Morgan fingerprint density at radius 3 is 3.08 bits per heavy atom. The summed E-state index contributed by atoms with van der Waals surface area (Å²) < 4.78 is 0. The molecule has 0 amide bonds. The number of aromatic nitrogens is 2. The number of aryl methyl sites for hydroxylation is 1. The highest BCUT2D eigenvalue weighted by atomic mass is 16.4. The number of nitrogens with one attached hydrogen (secondary N) is 1. The van der Waals surface area contributed by atoms with Crippen LogP contribution in [-0.4, -0.2) is 21.0 Å². The molecule has 1 aromatic heterocycles. The van der Waals surface area contributed by atoms with E-state index in [1.165, 1.54) is 0 Å². The molecule has 0 saturated carbocycles. The lowest BCUT2D eigenvalue weighted by atomic mass is 10.2. The standard InChI is InChI=1S/C9H14N2O2/c1-2-3-4-7-6-10-8(11-7)5-9(12)13/h6H,2-5H2,1H3,(H,10,11)(H,12,13). The number of hydrogen-bond donors (Lipinski definition) is 2. The molecule has 2 N–H and O–H groups in total. The van der Waals surface area contributed by atoms with Gasteiger partial charge < -0.3 is 10.1 Å². The lowest BCUT2D eigenvalue weighted by molar-refractivity contribution is -0.136. The van der Waals surface area contributed by atoms with Gasteiger partial charge in [-0.15, -0.1) is 0 Å². The number of imidazole rings is 1. The third-order valence-corrected chi connectivity index (χ3v) is 1.80. The van der Waals surface area contributed by atoms with Crippen molar-refractivity contribution in [3.63, 3.8) is 0 Å². The lowest BCUT2D eigenvalue weighted by Gasteiger charge is -1.93. The highest BCUT2D eigenvalue weighted by molar-refractivity contribution is 5.68. The molecule has 0 spiro atoms. The number of hydrogen-bond acceptors (Lipinski definition) is 2. The molecule has 0 unspecified atom stereocenters. The summed E-state index contributed by atoms with van der Waals surface area (Å²) in [7, 11) is 0. The van der Waals surface area contributed by atoms with Crippen LogP contribution in [0.2, 0.25) is 0 Å². The summed E-state index contributed by atoms with van der Waals surface area (Å²) in [6.07, 6.45) is 4.88. The van der Waals surface area contributed by atoms with Gasteiger partial charge >= 0.3 is 5.97 Å². The molecule has 1 heterocycles. The normalized spacial score (nSPS) is 10.2. The molecule has 1 aromatic rings. The van der Waals surface area contributed by atoms with E-state index < -0.39 is 5.97 Å². The van der Waals surface area contributed by atoms with Crippen molar-refractivity contribution in [3.05, 3.63) is 17.7 Å². The Morgan fingerprint density at radius 1 is 1.69 bits per heavy atom. The van der Waals surface area contributed by atoms with E-state index in [1.807, 2.05) is 0 Å². The molecular weight excluding hydrogens is 168 g/mol. The number of carbonyl (C=O) groups is 1. The van der Waals surface area contributed by atoms with Crippen LogP contribution in [0.5, 0.6) is 0 Å². The molecule has 0 fully saturated rings. The van der Waals surface area contributed by atoms with Crippen LogP contribution in [-0.2, 0) is 17.6 Å². The number of nitrogens with zero attached hydrogens (tertiary/aromatic N) is 1. The van der Waals surface area contributed by atoms with E-state index in [1.54, 1.807) is 6.20 Å². The van der Waals surface area contributed by atoms with Crippen molar-refractivity contribution in [3.8, 4) is 0 Å². The maximum atomic E-state index is 10.3. The molecule has 0 aromatic carbocycles. The quantitative estimate of drug-likeness (QED) is 0.723. The van der Waals surface area contributed by atoms with E-state index in [2.05, 4.69) is 16.9 Å². The smallest absolute Gasteiger partial charge is 0.311 e. The van der Waals surface area contributed by atoms with Crippen molar-refractivity contribution in [1.29, 1.82) is 0 Å². The molecule has 0 aliphatic rings. The minimum atomic E-state index is -0.851. The Morgan fingerprint density at radius 2 is 2.46 bits per heavy atom. The van der Waals surface area contributed by atoms with E-state index in [0.717, 1.165) is 25.0 Å². The van der Waals surface area contributed by atoms with Gasteiger partial charge in [0.15, 0.2) is 0 Å². The van der Waals surface area contributed by atoms with Gasteiger partial charge in [0.1, 0.15) is 12.2 Å². The fraction of sp³-hybridized carbons (Fsp3) is 0.556. The first-order valence-electron chi connectivity index (χ1n) is 4.47. The first-order chi connectivity index (χ1) is 6.22. The third-order valence-electron chi connectivity index (χ3n) is 1.80. The fourth-order valence-electron chi connectivity index (χ4n) is 1.13. The zero-order valence-corrected chi connectivity index (χ0v) is 7.71. The maximum absolute atomic E-state index is 10.3. The zero-order valence-electron chi connectivity index (χ0n) is 7.71. The van der Waals surface area contributed by atoms with Crippen molar-refractivity contribution in [2.75, 3.05) is 0 Å². The SMILES string of the molecule is CCCCc1cnc(CC(=O)O)[nH]1. The van der Waals surface area contributed by atoms with Gasteiger partial charge in [0, 0.05) is 11.9 Å². The summed E-state index contributed by atoms with van der Waals surface area (Å²) in [5, 5.41) is 8.49. The first kappa shape index (κ1) is 9.77. The monoisotopic (exact) mass is 182 g/mol. The van der Waals surface area contributed by atoms with Crippen molar-refractivity contribution in [2.24, 2.45) is 0 Å². The first-order valence-corrected chi connectivity index (χ1v) is 4.47. The van der Waals surface area contributed by atoms with Crippen LogP contribution in [0.15, 0.2) is 6.20 Å². The van der Waals surface area contributed by atoms with E-state index in [0.29, 0.717) is 5.82 Å². The topological polar surface area (TPSA) is 66.0 Å². The Kier molecular flexibility index (Phi) is 3.49. The largest absolute Gasteiger partial charge is 0.481 e. The second-order valence-electron chi connectivity index (χ2n) is 3.03. The predicted octanol–water partition coefficient (Wildman–Crippen LogP) is 1.38. The third kappa shape index (κ3) is 3.27. The molecule has 1 rings (SSSR count). The molecular formula is C9H14N2O2. The van der Waals surface area contributed by atoms with Gasteiger partial charge in [0.05, 0.1) is 0 Å². The van der Waals surface area contributed by atoms with Crippen LogP contribution >= 0.6 is 0 Å². The molecule has 4 nitrogen and oxygen atoms in total. The minimum Gasteiger partial charge on any atom is -0.481 e. The fourth-order valence-corrected chi connectivity index (χ4v) is 1.13. The van der Waals surface area contributed by atoms with E-state index in [4.69, 9.17) is 5.11 Å². The van der Waals surface area contributed by atoms with Crippen LogP contribution in [0.4, 0.5) is 0 Å². The van der Waals surface area contributed by atoms with Crippen molar-refractivity contribution >= 4 is 5.97 Å². The number of H-pyrrole nitrogens is 1. The van der Waals surface area contributed by atoms with Crippen molar-refractivity contribution in [2.45, 2.75) is 32.6 Å². The van der Waals surface area contributed by atoms with E-state index >= 15 is 0 Å². The molecule has 0 aliphatic heterocycles. The molecule has 0 atom stereocenters. The van der Waals surface area contributed by atoms with Crippen molar-refractivity contribution in [1.82, 2.24) is 9.97 Å².